The molecule has 0 bridgehead atoms. The molecule has 2 atom stereocenters. The number of likely N-dealkylation sites (N-methyl/N-ethyl adjacent to an activating group) is 1. The van der Waals surface area contributed by atoms with Gasteiger partial charge in [-0.05, 0) is 70.8 Å². The number of hydrogen-bond acceptors (Lipinski definition) is 10. The van der Waals surface area contributed by atoms with E-state index in [1.54, 1.807) is 19.2 Å². The molecule has 238 valence electrons. The van der Waals surface area contributed by atoms with Gasteiger partial charge in [0, 0.05) is 55.3 Å². The molecule has 14 heteroatoms. The van der Waals surface area contributed by atoms with Gasteiger partial charge in [0.1, 0.15) is 30.6 Å². The van der Waals surface area contributed by atoms with Crippen molar-refractivity contribution in [2.75, 3.05) is 43.9 Å². The molecular weight excluding hydrogens is 588 g/mol. The number of urea groups is 1. The summed E-state index contributed by atoms with van der Waals surface area (Å²) in [6, 6.07) is 5.08. The van der Waals surface area contributed by atoms with E-state index >= 15 is 0 Å². The molecule has 0 aromatic carbocycles. The number of hydrogen-bond donors (Lipinski definition) is 1. The van der Waals surface area contributed by atoms with Gasteiger partial charge in [-0.25, -0.2) is 24.7 Å². The van der Waals surface area contributed by atoms with Crippen LogP contribution in [0.4, 0.5) is 16.3 Å². The number of imidazole rings is 1. The third kappa shape index (κ3) is 6.12. The van der Waals surface area contributed by atoms with Crippen LogP contribution in [0.5, 0.6) is 5.88 Å². The van der Waals surface area contributed by atoms with Gasteiger partial charge in [-0.15, -0.1) is 0 Å². The Labute approximate surface area is 265 Å². The number of aryl methyl sites for hydroxylation is 2. The third-order valence-corrected chi connectivity index (χ3v) is 8.48. The average Bonchev–Trinajstić information content (AvgIpc) is 3.93. The van der Waals surface area contributed by atoms with Crippen molar-refractivity contribution >= 4 is 35.0 Å². The van der Waals surface area contributed by atoms with Crippen LogP contribution in [0.15, 0.2) is 36.8 Å². The van der Waals surface area contributed by atoms with E-state index in [0.717, 1.165) is 24.1 Å². The van der Waals surface area contributed by atoms with Crippen LogP contribution < -0.4 is 15.0 Å². The quantitative estimate of drug-likeness (QED) is 0.247. The minimum absolute atomic E-state index is 0.00554. The van der Waals surface area contributed by atoms with Gasteiger partial charge in [-0.1, -0.05) is 0 Å². The van der Waals surface area contributed by atoms with Crippen molar-refractivity contribution in [3.8, 4) is 5.88 Å². The van der Waals surface area contributed by atoms with Gasteiger partial charge in [0.15, 0.2) is 5.65 Å². The number of carbonyl (C=O) groups excluding carboxylic acids is 3. The van der Waals surface area contributed by atoms with Crippen molar-refractivity contribution in [2.24, 2.45) is 5.92 Å². The molecule has 1 N–H and O–H groups in total. The number of ether oxygens (including phenoxy) is 1. The van der Waals surface area contributed by atoms with Crippen LogP contribution in [0.1, 0.15) is 59.7 Å². The summed E-state index contributed by atoms with van der Waals surface area (Å²) in [5, 5.41) is 2.89. The highest BCUT2D eigenvalue weighted by atomic mass is 16.5. The van der Waals surface area contributed by atoms with Gasteiger partial charge in [0.05, 0.1) is 11.4 Å². The molecule has 1 aliphatic heterocycles. The van der Waals surface area contributed by atoms with Crippen LogP contribution in [0.2, 0.25) is 0 Å². The zero-order chi connectivity index (χ0) is 32.1. The van der Waals surface area contributed by atoms with E-state index < -0.39 is 0 Å². The van der Waals surface area contributed by atoms with Gasteiger partial charge >= 0.3 is 6.03 Å². The van der Waals surface area contributed by atoms with Gasteiger partial charge in [0.2, 0.25) is 11.8 Å². The lowest BCUT2D eigenvalue weighted by molar-refractivity contribution is -0.125. The summed E-state index contributed by atoms with van der Waals surface area (Å²) in [7, 11) is 3.82. The Morgan fingerprint density at radius 1 is 1.09 bits per heavy atom. The number of pyridine rings is 1. The van der Waals surface area contributed by atoms with Gasteiger partial charge in [-0.2, -0.15) is 4.98 Å². The average molecular weight is 625 g/mol. The van der Waals surface area contributed by atoms with Crippen molar-refractivity contribution in [2.45, 2.75) is 51.6 Å². The third-order valence-electron chi connectivity index (χ3n) is 8.48. The van der Waals surface area contributed by atoms with Crippen molar-refractivity contribution < 1.29 is 19.1 Å². The second kappa shape index (κ2) is 11.7. The molecule has 5 heterocycles. The van der Waals surface area contributed by atoms with E-state index in [-0.39, 0.29) is 42.8 Å². The number of nitrogens with one attached hydrogen (secondary N) is 1. The summed E-state index contributed by atoms with van der Waals surface area (Å²) >= 11 is 0. The first-order valence-corrected chi connectivity index (χ1v) is 15.5. The minimum atomic E-state index is -0.336. The normalized spacial score (nSPS) is 19.4. The molecule has 4 amide bonds. The topological polar surface area (TPSA) is 151 Å². The molecule has 1 saturated heterocycles. The maximum absolute atomic E-state index is 13.4. The highest BCUT2D eigenvalue weighted by Gasteiger charge is 2.46. The molecule has 2 saturated carbocycles. The van der Waals surface area contributed by atoms with Crippen LogP contribution in [0.25, 0.3) is 5.65 Å². The lowest BCUT2D eigenvalue weighted by atomic mass is 10.1. The van der Waals surface area contributed by atoms with Gasteiger partial charge in [0.25, 0.3) is 5.91 Å². The maximum atomic E-state index is 13.4. The van der Waals surface area contributed by atoms with Crippen molar-refractivity contribution in [3.05, 3.63) is 65.4 Å². The van der Waals surface area contributed by atoms with Crippen molar-refractivity contribution in [1.29, 1.82) is 0 Å². The van der Waals surface area contributed by atoms with Crippen molar-refractivity contribution in [3.63, 3.8) is 0 Å². The summed E-state index contributed by atoms with van der Waals surface area (Å²) in [6.07, 6.45) is 8.48. The van der Waals surface area contributed by atoms with Crippen LogP contribution in [0, 0.1) is 19.8 Å². The standard InChI is InChI=1S/C32H36N10O4/c1-18-7-8-33-29(34-18)23-12-24(23)31(44)38-26-13-27(36-19(2)35-26)46-17-22-15-40-14-21(20-5-6-20)11-25(30(40)37-22)42-16-28(43)41(32(42)45)10-9-39(3)4/h7-8,11,13-15,20,23-24H,5-6,9-10,12,16-17H2,1-4H3,(H,35,36,38,44)/t23-,24-/m0/s1. The molecule has 4 aromatic heterocycles. The Hall–Kier alpha value is -4.98. The molecule has 46 heavy (non-hydrogen) atoms. The number of carbonyl (C=O) groups is 3. The molecule has 7 rings (SSSR count). The van der Waals surface area contributed by atoms with Crippen LogP contribution in [0.3, 0.4) is 0 Å². The number of nitrogens with zero attached hydrogens (tertiary/aromatic N) is 9. The van der Waals surface area contributed by atoms with Crippen LogP contribution in [-0.2, 0) is 16.2 Å². The minimum Gasteiger partial charge on any atom is -0.471 e. The largest absolute Gasteiger partial charge is 0.471 e. The summed E-state index contributed by atoms with van der Waals surface area (Å²) in [5.74, 6) is 1.62. The maximum Gasteiger partial charge on any atom is 0.331 e. The fourth-order valence-corrected chi connectivity index (χ4v) is 5.77. The van der Waals surface area contributed by atoms with E-state index in [1.807, 2.05) is 54.8 Å². The van der Waals surface area contributed by atoms with E-state index in [4.69, 9.17) is 9.72 Å². The molecule has 3 aliphatic rings. The fourth-order valence-electron chi connectivity index (χ4n) is 5.77. The number of aromatic nitrogens is 6. The molecule has 0 spiro atoms. The van der Waals surface area contributed by atoms with Crippen molar-refractivity contribution in [1.82, 2.24) is 39.1 Å². The molecule has 4 aromatic rings. The highest BCUT2D eigenvalue weighted by Crippen LogP contribution is 2.46. The number of rotatable bonds is 11. The predicted molar refractivity (Wildman–Crippen MR) is 168 cm³/mol. The number of fused-ring (bicyclic) bond motifs is 1. The first-order chi connectivity index (χ1) is 22.1. The lowest BCUT2D eigenvalue weighted by Gasteiger charge is -2.20. The first-order valence-electron chi connectivity index (χ1n) is 15.5. The number of anilines is 2. The van der Waals surface area contributed by atoms with E-state index in [2.05, 4.69) is 25.3 Å². The lowest BCUT2D eigenvalue weighted by Crippen LogP contribution is -2.37. The summed E-state index contributed by atoms with van der Waals surface area (Å²) in [4.78, 5) is 66.3. The van der Waals surface area contributed by atoms with Gasteiger partial charge < -0.3 is 19.4 Å². The van der Waals surface area contributed by atoms with Crippen LogP contribution in [-0.4, -0.2) is 90.7 Å². The monoisotopic (exact) mass is 624 g/mol. The highest BCUT2D eigenvalue weighted by molar-refractivity contribution is 6.13. The second-order valence-electron chi connectivity index (χ2n) is 12.5. The number of amides is 4. The molecular formula is C32H36N10O4. The van der Waals surface area contributed by atoms with E-state index in [1.165, 1.54) is 9.80 Å². The van der Waals surface area contributed by atoms with E-state index in [9.17, 15) is 14.4 Å². The summed E-state index contributed by atoms with van der Waals surface area (Å²) < 4.78 is 7.93. The first kappa shape index (κ1) is 29.7. The Balaban J connectivity index is 1.06. The van der Waals surface area contributed by atoms with Gasteiger partial charge in [-0.3, -0.25) is 19.4 Å². The Morgan fingerprint density at radius 3 is 2.67 bits per heavy atom. The molecule has 0 radical (unpaired) electrons. The Kier molecular flexibility index (Phi) is 7.59. The summed E-state index contributed by atoms with van der Waals surface area (Å²) in [5.41, 5.74) is 3.78. The zero-order valence-electron chi connectivity index (χ0n) is 26.3. The smallest absolute Gasteiger partial charge is 0.331 e. The Bertz CT molecular complexity index is 1850. The molecule has 14 nitrogen and oxygen atoms in total. The van der Waals surface area contributed by atoms with E-state index in [0.29, 0.717) is 65.8 Å². The van der Waals surface area contributed by atoms with Crippen LogP contribution >= 0.6 is 0 Å². The SMILES string of the molecule is Cc1ccnc([C@H]2C[C@@H]2C(=O)Nc2cc(OCc3cn4cc(C5CC5)cc(N5CC(=O)N(CCN(C)C)C5=O)c4n3)nc(C)n2)n1. The zero-order valence-corrected chi connectivity index (χ0v) is 26.3. The molecule has 2 aliphatic carbocycles. The summed E-state index contributed by atoms with van der Waals surface area (Å²) in [6.45, 7) is 4.63. The predicted octanol–water partition coefficient (Wildman–Crippen LogP) is 3.06. The molecule has 0 unspecified atom stereocenters. The Morgan fingerprint density at radius 2 is 1.91 bits per heavy atom. The fraction of sp³-hybridized carbons (Fsp3) is 0.438. The second-order valence-corrected chi connectivity index (χ2v) is 12.5. The number of imide groups is 1. The molecule has 3 fully saturated rings.